The maximum Gasteiger partial charge on any atom is 0.198 e. The third-order valence-electron chi connectivity index (χ3n) is 3.41. The van der Waals surface area contributed by atoms with Crippen molar-refractivity contribution >= 4 is 11.6 Å². The van der Waals surface area contributed by atoms with E-state index in [1.54, 1.807) is 7.11 Å². The molecule has 1 heterocycles. The smallest absolute Gasteiger partial charge is 0.198 e. The van der Waals surface area contributed by atoms with Crippen molar-refractivity contribution in [2.75, 3.05) is 51.5 Å². The quantitative estimate of drug-likeness (QED) is 0.472. The van der Waals surface area contributed by atoms with Crippen molar-refractivity contribution in [3.63, 3.8) is 0 Å². The van der Waals surface area contributed by atoms with Gasteiger partial charge < -0.3 is 19.7 Å². The highest BCUT2D eigenvalue weighted by atomic mass is 16.5. The van der Waals surface area contributed by atoms with Gasteiger partial charge in [0.15, 0.2) is 5.96 Å². The van der Waals surface area contributed by atoms with Crippen molar-refractivity contribution in [2.24, 2.45) is 4.99 Å². The molecule has 0 saturated heterocycles. The Morgan fingerprint density at radius 1 is 1.29 bits per heavy atom. The molecule has 0 amide bonds. The number of para-hydroxylation sites is 1. The Morgan fingerprint density at radius 2 is 2.14 bits per heavy atom. The van der Waals surface area contributed by atoms with Gasteiger partial charge in [-0.2, -0.15) is 0 Å². The van der Waals surface area contributed by atoms with Crippen molar-refractivity contribution in [3.8, 4) is 0 Å². The minimum Gasteiger partial charge on any atom is -0.382 e. The van der Waals surface area contributed by atoms with Gasteiger partial charge >= 0.3 is 0 Å². The number of methoxy groups -OCH3 is 1. The van der Waals surface area contributed by atoms with Gasteiger partial charge in [-0.25, -0.2) is 0 Å². The normalized spacial score (nSPS) is 14.4. The van der Waals surface area contributed by atoms with E-state index >= 15 is 0 Å². The molecular weight excluding hydrogens is 266 g/mol. The summed E-state index contributed by atoms with van der Waals surface area (Å²) in [4.78, 5) is 6.92. The predicted molar refractivity (Wildman–Crippen MR) is 86.2 cm³/mol. The van der Waals surface area contributed by atoms with Crippen LogP contribution in [-0.2, 0) is 15.9 Å². The number of hydrogen-bond acceptors (Lipinski definition) is 3. The number of anilines is 1. The highest BCUT2D eigenvalue weighted by molar-refractivity contribution is 5.97. The average molecular weight is 291 g/mol. The van der Waals surface area contributed by atoms with E-state index in [4.69, 9.17) is 9.47 Å². The van der Waals surface area contributed by atoms with Crippen molar-refractivity contribution in [1.29, 1.82) is 0 Å². The minimum atomic E-state index is 0.619. The van der Waals surface area contributed by atoms with Crippen LogP contribution in [0.2, 0.25) is 0 Å². The number of aliphatic imine (C=N–C) groups is 1. The Hall–Kier alpha value is -1.59. The lowest BCUT2D eigenvalue weighted by atomic mass is 10.2. The maximum atomic E-state index is 5.46. The summed E-state index contributed by atoms with van der Waals surface area (Å²) in [5, 5.41) is 3.36. The number of nitrogens with one attached hydrogen (secondary N) is 1. The van der Waals surface area contributed by atoms with E-state index in [1.165, 1.54) is 11.3 Å². The van der Waals surface area contributed by atoms with Crippen LogP contribution in [0.1, 0.15) is 12.5 Å². The fourth-order valence-electron chi connectivity index (χ4n) is 2.41. The van der Waals surface area contributed by atoms with E-state index in [1.807, 2.05) is 0 Å². The van der Waals surface area contributed by atoms with Crippen LogP contribution < -0.4 is 10.2 Å². The zero-order valence-corrected chi connectivity index (χ0v) is 13.0. The summed E-state index contributed by atoms with van der Waals surface area (Å²) < 4.78 is 10.4. The Labute approximate surface area is 127 Å². The SMILES string of the molecule is CCNC(=NCCOCCOC)N1CCc2ccccc21. The second kappa shape index (κ2) is 8.64. The number of guanidine groups is 1. The lowest BCUT2D eigenvalue weighted by Gasteiger charge is -2.22. The molecule has 0 aromatic heterocycles. The molecule has 1 aromatic rings. The lowest BCUT2D eigenvalue weighted by molar-refractivity contribution is 0.0748. The van der Waals surface area contributed by atoms with Crippen LogP contribution in [0.25, 0.3) is 0 Å². The summed E-state index contributed by atoms with van der Waals surface area (Å²) in [5.74, 6) is 0.942. The fraction of sp³-hybridized carbons (Fsp3) is 0.562. The van der Waals surface area contributed by atoms with Gasteiger partial charge in [-0.3, -0.25) is 4.99 Å². The zero-order valence-electron chi connectivity index (χ0n) is 13.0. The second-order valence-corrected chi connectivity index (χ2v) is 4.87. The first-order valence-corrected chi connectivity index (χ1v) is 7.57. The molecule has 5 nitrogen and oxygen atoms in total. The van der Waals surface area contributed by atoms with E-state index in [2.05, 4.69) is 46.4 Å². The lowest BCUT2D eigenvalue weighted by Crippen LogP contribution is -2.40. The molecule has 0 unspecified atom stereocenters. The van der Waals surface area contributed by atoms with Crippen LogP contribution in [0.3, 0.4) is 0 Å². The van der Waals surface area contributed by atoms with Gasteiger partial charge in [-0.05, 0) is 25.0 Å². The minimum absolute atomic E-state index is 0.619. The van der Waals surface area contributed by atoms with Crippen LogP contribution in [-0.4, -0.2) is 52.5 Å². The molecule has 0 atom stereocenters. The highest BCUT2D eigenvalue weighted by Gasteiger charge is 2.22. The van der Waals surface area contributed by atoms with Crippen LogP contribution in [0.5, 0.6) is 0 Å². The molecule has 1 aliphatic heterocycles. The van der Waals surface area contributed by atoms with Gasteiger partial charge in [0.1, 0.15) is 0 Å². The van der Waals surface area contributed by atoms with E-state index in [0.717, 1.165) is 25.5 Å². The molecule has 0 radical (unpaired) electrons. The van der Waals surface area contributed by atoms with Gasteiger partial charge in [0, 0.05) is 25.9 Å². The highest BCUT2D eigenvalue weighted by Crippen LogP contribution is 2.27. The number of hydrogen-bond donors (Lipinski definition) is 1. The summed E-state index contributed by atoms with van der Waals surface area (Å²) >= 11 is 0. The van der Waals surface area contributed by atoms with Crippen LogP contribution >= 0.6 is 0 Å². The first kappa shape index (κ1) is 15.8. The molecule has 21 heavy (non-hydrogen) atoms. The maximum absolute atomic E-state index is 5.46. The molecule has 1 aliphatic rings. The summed E-state index contributed by atoms with van der Waals surface area (Å²) in [7, 11) is 1.68. The number of rotatable bonds is 7. The van der Waals surface area contributed by atoms with E-state index < -0.39 is 0 Å². The number of nitrogens with zero attached hydrogens (tertiary/aromatic N) is 2. The average Bonchev–Trinajstić information content (AvgIpc) is 2.93. The van der Waals surface area contributed by atoms with E-state index in [9.17, 15) is 0 Å². The molecule has 2 rings (SSSR count). The van der Waals surface area contributed by atoms with Crippen LogP contribution in [0.4, 0.5) is 5.69 Å². The third kappa shape index (κ3) is 4.44. The fourth-order valence-corrected chi connectivity index (χ4v) is 2.41. The molecular formula is C16H25N3O2. The molecule has 0 saturated carbocycles. The van der Waals surface area contributed by atoms with E-state index in [-0.39, 0.29) is 0 Å². The molecule has 0 spiro atoms. The largest absolute Gasteiger partial charge is 0.382 e. The van der Waals surface area contributed by atoms with Gasteiger partial charge in [-0.15, -0.1) is 0 Å². The summed E-state index contributed by atoms with van der Waals surface area (Å²) in [6, 6.07) is 8.52. The molecule has 0 fully saturated rings. The van der Waals surface area contributed by atoms with Gasteiger partial charge in [0.25, 0.3) is 0 Å². The topological polar surface area (TPSA) is 46.1 Å². The Bertz CT molecular complexity index is 463. The summed E-state index contributed by atoms with van der Waals surface area (Å²) in [5.41, 5.74) is 2.65. The van der Waals surface area contributed by atoms with Gasteiger partial charge in [-0.1, -0.05) is 18.2 Å². The number of ether oxygens (including phenoxy) is 2. The Kier molecular flexibility index (Phi) is 6.50. The zero-order chi connectivity index (χ0) is 14.9. The number of benzene rings is 1. The summed E-state index contributed by atoms with van der Waals surface area (Å²) in [6.07, 6.45) is 1.07. The first-order valence-electron chi connectivity index (χ1n) is 7.57. The molecule has 0 aliphatic carbocycles. The van der Waals surface area contributed by atoms with Gasteiger partial charge in [0.2, 0.25) is 0 Å². The predicted octanol–water partition coefficient (Wildman–Crippen LogP) is 1.68. The summed E-state index contributed by atoms with van der Waals surface area (Å²) in [6.45, 7) is 6.46. The van der Waals surface area contributed by atoms with E-state index in [0.29, 0.717) is 26.4 Å². The van der Waals surface area contributed by atoms with Crippen LogP contribution in [0, 0.1) is 0 Å². The van der Waals surface area contributed by atoms with Crippen molar-refractivity contribution in [1.82, 2.24) is 5.32 Å². The molecule has 1 N–H and O–H groups in total. The molecule has 0 bridgehead atoms. The molecule has 116 valence electrons. The van der Waals surface area contributed by atoms with Crippen molar-refractivity contribution < 1.29 is 9.47 Å². The Morgan fingerprint density at radius 3 is 2.95 bits per heavy atom. The standard InChI is InChI=1S/C16H25N3O2/c1-3-17-16(18-9-11-21-13-12-20-2)19-10-8-14-6-4-5-7-15(14)19/h4-7H,3,8-13H2,1-2H3,(H,17,18). The van der Waals surface area contributed by atoms with Crippen LogP contribution in [0.15, 0.2) is 29.3 Å². The first-order chi connectivity index (χ1) is 10.4. The van der Waals surface area contributed by atoms with Crippen molar-refractivity contribution in [2.45, 2.75) is 13.3 Å². The molecule has 1 aromatic carbocycles. The molecule has 5 heteroatoms. The monoisotopic (exact) mass is 291 g/mol. The third-order valence-corrected chi connectivity index (χ3v) is 3.41. The number of fused-ring (bicyclic) bond motifs is 1. The Balaban J connectivity index is 1.93. The second-order valence-electron chi connectivity index (χ2n) is 4.87. The van der Waals surface area contributed by atoms with Crippen molar-refractivity contribution in [3.05, 3.63) is 29.8 Å². The van der Waals surface area contributed by atoms with Gasteiger partial charge in [0.05, 0.1) is 26.4 Å².